The number of ether oxygens (including phenoxy) is 1. The first kappa shape index (κ1) is 19.9. The fraction of sp³-hybridized carbons (Fsp3) is 0.348. The van der Waals surface area contributed by atoms with E-state index in [1.807, 2.05) is 24.3 Å². The highest BCUT2D eigenvalue weighted by Gasteiger charge is 2.42. The van der Waals surface area contributed by atoms with Crippen molar-refractivity contribution in [3.8, 4) is 5.75 Å². The minimum absolute atomic E-state index is 0.112. The lowest BCUT2D eigenvalue weighted by molar-refractivity contribution is -0.125. The number of amides is 3. The van der Waals surface area contributed by atoms with Crippen LogP contribution in [0.4, 0.5) is 5.69 Å². The Morgan fingerprint density at radius 2 is 1.90 bits per heavy atom. The summed E-state index contributed by atoms with van der Waals surface area (Å²) in [6.07, 6.45) is 2.04. The van der Waals surface area contributed by atoms with E-state index in [4.69, 9.17) is 4.74 Å². The molecule has 30 heavy (non-hydrogen) atoms. The molecule has 0 aromatic heterocycles. The number of nitrogens with one attached hydrogen (secondary N) is 1. The number of rotatable bonds is 6. The fourth-order valence-electron chi connectivity index (χ4n) is 4.22. The van der Waals surface area contributed by atoms with Crippen LogP contribution in [-0.2, 0) is 16.0 Å². The molecule has 0 bridgehead atoms. The SMILES string of the molecule is COc1ccccc1CCNC(=O)CN1C(=O)[C@@H]2CCCN2C(=O)c2ccccc21. The molecule has 7 nitrogen and oxygen atoms in total. The Morgan fingerprint density at radius 3 is 2.73 bits per heavy atom. The largest absolute Gasteiger partial charge is 0.496 e. The minimum Gasteiger partial charge on any atom is -0.496 e. The third-order valence-electron chi connectivity index (χ3n) is 5.70. The van der Waals surface area contributed by atoms with Gasteiger partial charge >= 0.3 is 0 Å². The summed E-state index contributed by atoms with van der Waals surface area (Å²) in [4.78, 5) is 41.9. The van der Waals surface area contributed by atoms with Crippen LogP contribution >= 0.6 is 0 Å². The molecule has 0 saturated carbocycles. The Balaban J connectivity index is 1.47. The van der Waals surface area contributed by atoms with E-state index in [0.29, 0.717) is 37.2 Å². The number of hydrogen-bond donors (Lipinski definition) is 1. The molecule has 2 heterocycles. The Morgan fingerprint density at radius 1 is 1.13 bits per heavy atom. The predicted octanol–water partition coefficient (Wildman–Crippen LogP) is 2.01. The van der Waals surface area contributed by atoms with Gasteiger partial charge in [0, 0.05) is 13.1 Å². The van der Waals surface area contributed by atoms with E-state index in [0.717, 1.165) is 17.7 Å². The summed E-state index contributed by atoms with van der Waals surface area (Å²) in [5, 5.41) is 2.89. The van der Waals surface area contributed by atoms with Gasteiger partial charge in [0.25, 0.3) is 5.91 Å². The first-order chi connectivity index (χ1) is 14.6. The number of nitrogens with zero attached hydrogens (tertiary/aromatic N) is 2. The molecule has 156 valence electrons. The van der Waals surface area contributed by atoms with E-state index >= 15 is 0 Å². The van der Waals surface area contributed by atoms with Crippen LogP contribution in [0, 0.1) is 0 Å². The summed E-state index contributed by atoms with van der Waals surface area (Å²) in [7, 11) is 1.62. The third kappa shape index (κ3) is 3.75. The lowest BCUT2D eigenvalue weighted by Gasteiger charge is -2.25. The molecular formula is C23H25N3O4. The zero-order valence-corrected chi connectivity index (χ0v) is 17.0. The van der Waals surface area contributed by atoms with Crippen LogP contribution in [0.1, 0.15) is 28.8 Å². The molecule has 4 rings (SSSR count). The van der Waals surface area contributed by atoms with Gasteiger partial charge in [-0.05, 0) is 43.0 Å². The maximum Gasteiger partial charge on any atom is 0.256 e. The molecule has 1 fully saturated rings. The van der Waals surface area contributed by atoms with Gasteiger partial charge in [-0.15, -0.1) is 0 Å². The number of benzene rings is 2. The molecule has 0 unspecified atom stereocenters. The maximum absolute atomic E-state index is 13.2. The lowest BCUT2D eigenvalue weighted by atomic mass is 10.1. The number of hydrogen-bond acceptors (Lipinski definition) is 4. The van der Waals surface area contributed by atoms with E-state index in [9.17, 15) is 14.4 Å². The van der Waals surface area contributed by atoms with Gasteiger partial charge in [-0.1, -0.05) is 30.3 Å². The number of anilines is 1. The van der Waals surface area contributed by atoms with Crippen LogP contribution < -0.4 is 15.0 Å². The lowest BCUT2D eigenvalue weighted by Crippen LogP contribution is -2.48. The average molecular weight is 407 g/mol. The van der Waals surface area contributed by atoms with Gasteiger partial charge in [-0.2, -0.15) is 0 Å². The predicted molar refractivity (Wildman–Crippen MR) is 113 cm³/mol. The summed E-state index contributed by atoms with van der Waals surface area (Å²) in [5.41, 5.74) is 1.97. The van der Waals surface area contributed by atoms with Crippen molar-refractivity contribution in [2.75, 3.05) is 31.6 Å². The molecule has 1 atom stereocenters. The molecule has 0 spiro atoms. The Labute approximate surface area is 175 Å². The molecule has 1 saturated heterocycles. The van der Waals surface area contributed by atoms with Crippen molar-refractivity contribution in [1.29, 1.82) is 0 Å². The molecule has 2 aromatic carbocycles. The van der Waals surface area contributed by atoms with Crippen molar-refractivity contribution in [3.05, 3.63) is 59.7 Å². The summed E-state index contributed by atoms with van der Waals surface area (Å²) in [6, 6.07) is 14.2. The van der Waals surface area contributed by atoms with Gasteiger partial charge in [-0.25, -0.2) is 0 Å². The molecule has 2 aliphatic heterocycles. The van der Waals surface area contributed by atoms with E-state index < -0.39 is 6.04 Å². The molecular weight excluding hydrogens is 382 g/mol. The zero-order valence-electron chi connectivity index (χ0n) is 17.0. The Kier molecular flexibility index (Phi) is 5.70. The second-order valence-corrected chi connectivity index (χ2v) is 7.51. The summed E-state index contributed by atoms with van der Waals surface area (Å²) in [6.45, 7) is 0.888. The monoisotopic (exact) mass is 407 g/mol. The normalized spacial score (nSPS) is 18.0. The van der Waals surface area contributed by atoms with Crippen molar-refractivity contribution in [1.82, 2.24) is 10.2 Å². The van der Waals surface area contributed by atoms with Gasteiger partial charge in [0.15, 0.2) is 0 Å². The van der Waals surface area contributed by atoms with Gasteiger partial charge in [-0.3, -0.25) is 14.4 Å². The summed E-state index contributed by atoms with van der Waals surface area (Å²) < 4.78 is 5.34. The first-order valence-electron chi connectivity index (χ1n) is 10.2. The van der Waals surface area contributed by atoms with E-state index in [1.165, 1.54) is 4.90 Å². The Bertz CT molecular complexity index is 974. The molecule has 2 aliphatic rings. The van der Waals surface area contributed by atoms with E-state index in [-0.39, 0.29) is 24.3 Å². The number of fused-ring (bicyclic) bond motifs is 2. The van der Waals surface area contributed by atoms with Gasteiger partial charge in [0.2, 0.25) is 11.8 Å². The van der Waals surface area contributed by atoms with E-state index in [1.54, 1.807) is 36.3 Å². The number of methoxy groups -OCH3 is 1. The zero-order chi connectivity index (χ0) is 21.1. The van der Waals surface area contributed by atoms with Gasteiger partial charge in [0.05, 0.1) is 18.4 Å². The molecule has 1 N–H and O–H groups in total. The maximum atomic E-state index is 13.2. The molecule has 0 radical (unpaired) electrons. The van der Waals surface area contributed by atoms with Crippen LogP contribution in [-0.4, -0.2) is 55.4 Å². The quantitative estimate of drug-likeness (QED) is 0.795. The number of carbonyl (C=O) groups excluding carboxylic acids is 3. The highest BCUT2D eigenvalue weighted by atomic mass is 16.5. The molecule has 0 aliphatic carbocycles. The smallest absolute Gasteiger partial charge is 0.256 e. The van der Waals surface area contributed by atoms with Crippen LogP contribution in [0.15, 0.2) is 48.5 Å². The fourth-order valence-corrected chi connectivity index (χ4v) is 4.22. The van der Waals surface area contributed by atoms with Crippen LogP contribution in [0.25, 0.3) is 0 Å². The third-order valence-corrected chi connectivity index (χ3v) is 5.70. The van der Waals surface area contributed by atoms with Crippen molar-refractivity contribution < 1.29 is 19.1 Å². The summed E-state index contributed by atoms with van der Waals surface area (Å²) in [5.74, 6) is 0.196. The second kappa shape index (κ2) is 8.57. The molecule has 3 amide bonds. The number of carbonyl (C=O) groups is 3. The number of para-hydroxylation sites is 2. The van der Waals surface area contributed by atoms with Gasteiger partial charge in [0.1, 0.15) is 18.3 Å². The summed E-state index contributed by atoms with van der Waals surface area (Å²) >= 11 is 0. The average Bonchev–Trinajstić information content (AvgIpc) is 3.24. The van der Waals surface area contributed by atoms with Crippen LogP contribution in [0.2, 0.25) is 0 Å². The highest BCUT2D eigenvalue weighted by Crippen LogP contribution is 2.32. The highest BCUT2D eigenvalue weighted by molar-refractivity contribution is 6.12. The topological polar surface area (TPSA) is 79.0 Å². The molecule has 7 heteroatoms. The van der Waals surface area contributed by atoms with Crippen LogP contribution in [0.3, 0.4) is 0 Å². The van der Waals surface area contributed by atoms with Crippen molar-refractivity contribution >= 4 is 23.4 Å². The Hall–Kier alpha value is -3.35. The van der Waals surface area contributed by atoms with Crippen molar-refractivity contribution in [3.63, 3.8) is 0 Å². The minimum atomic E-state index is -0.494. The standard InChI is InChI=1S/C23H25N3O4/c1-30-20-11-5-2-7-16(20)12-13-24-21(27)15-26-18-9-4-3-8-17(18)22(28)25-14-6-10-19(25)23(26)29/h2-5,7-9,11,19H,6,10,12-15H2,1H3,(H,24,27)/t19-/m0/s1. The first-order valence-corrected chi connectivity index (χ1v) is 10.2. The second-order valence-electron chi connectivity index (χ2n) is 7.51. The molecule has 2 aromatic rings. The van der Waals surface area contributed by atoms with Crippen molar-refractivity contribution in [2.24, 2.45) is 0 Å². The van der Waals surface area contributed by atoms with Crippen molar-refractivity contribution in [2.45, 2.75) is 25.3 Å². The van der Waals surface area contributed by atoms with Gasteiger partial charge < -0.3 is 19.9 Å². The van der Waals surface area contributed by atoms with E-state index in [2.05, 4.69) is 5.32 Å². The van der Waals surface area contributed by atoms with Crippen LogP contribution in [0.5, 0.6) is 5.75 Å².